The second kappa shape index (κ2) is 8.29. The Morgan fingerprint density at radius 3 is 2.05 bits per heavy atom. The van der Waals surface area contributed by atoms with Crippen LogP contribution in [0.5, 0.6) is 0 Å². The summed E-state index contributed by atoms with van der Waals surface area (Å²) in [6.45, 7) is -1.97. The normalized spacial score (nSPS) is 38.0. The lowest BCUT2D eigenvalue weighted by Gasteiger charge is -2.40. The first-order valence-corrected chi connectivity index (χ1v) is 6.40. The monoisotopic (exact) mass is 314 g/mol. The fraction of sp³-hybridized carbons (Fsp3) is 1.00. The smallest absolute Gasteiger partial charge is 0.186 e. The van der Waals surface area contributed by atoms with Gasteiger partial charge in [-0.15, -0.1) is 0 Å². The Kier molecular flexibility index (Phi) is 7.36. The van der Waals surface area contributed by atoms with E-state index < -0.39 is 68.8 Å². The van der Waals surface area contributed by atoms with Gasteiger partial charge < -0.3 is 50.3 Å². The zero-order valence-corrected chi connectivity index (χ0v) is 11.1. The number of hydrogen-bond acceptors (Lipinski definition) is 10. The molecule has 1 saturated heterocycles. The Balaban J connectivity index is 2.53. The van der Waals surface area contributed by atoms with Crippen molar-refractivity contribution in [1.29, 1.82) is 0 Å². The average molecular weight is 314 g/mol. The molecule has 0 radical (unpaired) electrons. The fourth-order valence-electron chi connectivity index (χ4n) is 1.86. The molecule has 8 N–H and O–H groups in total. The maximum absolute atomic E-state index is 9.65. The first-order valence-electron chi connectivity index (χ1n) is 6.40. The molecule has 0 amide bonds. The summed E-state index contributed by atoms with van der Waals surface area (Å²) in [6.07, 6.45) is -12.2. The van der Waals surface area contributed by atoms with Crippen molar-refractivity contribution in [2.75, 3.05) is 19.8 Å². The Morgan fingerprint density at radius 2 is 1.52 bits per heavy atom. The quantitative estimate of drug-likeness (QED) is 0.226. The van der Waals surface area contributed by atoms with Gasteiger partial charge in [0.2, 0.25) is 0 Å². The molecule has 1 fully saturated rings. The van der Waals surface area contributed by atoms with Gasteiger partial charge in [-0.25, -0.2) is 0 Å². The van der Waals surface area contributed by atoms with Gasteiger partial charge in [-0.1, -0.05) is 0 Å². The van der Waals surface area contributed by atoms with Crippen LogP contribution in [0.1, 0.15) is 0 Å². The van der Waals surface area contributed by atoms with Crippen LogP contribution in [0.2, 0.25) is 0 Å². The van der Waals surface area contributed by atoms with Crippen molar-refractivity contribution in [3.05, 3.63) is 0 Å². The first kappa shape index (κ1) is 18.6. The largest absolute Gasteiger partial charge is 0.394 e. The highest BCUT2D eigenvalue weighted by Crippen LogP contribution is 2.22. The van der Waals surface area contributed by atoms with Crippen LogP contribution in [0.25, 0.3) is 0 Å². The molecule has 0 aromatic rings. The molecule has 10 nitrogen and oxygen atoms in total. The third-order valence-electron chi connectivity index (χ3n) is 3.26. The molecular formula is C11H22O10. The molecule has 126 valence electrons. The molecule has 10 heteroatoms. The minimum absolute atomic E-state index is 0.582. The van der Waals surface area contributed by atoms with Crippen molar-refractivity contribution < 1.29 is 50.3 Å². The van der Waals surface area contributed by atoms with E-state index in [-0.39, 0.29) is 0 Å². The van der Waals surface area contributed by atoms with E-state index in [2.05, 4.69) is 0 Å². The fourth-order valence-corrected chi connectivity index (χ4v) is 1.86. The highest BCUT2D eigenvalue weighted by Gasteiger charge is 2.44. The Morgan fingerprint density at radius 1 is 0.905 bits per heavy atom. The number of aliphatic hydroxyl groups is 8. The van der Waals surface area contributed by atoms with Crippen LogP contribution in [0.4, 0.5) is 0 Å². The van der Waals surface area contributed by atoms with Crippen LogP contribution in [-0.2, 0) is 9.47 Å². The highest BCUT2D eigenvalue weighted by molar-refractivity contribution is 4.89. The van der Waals surface area contributed by atoms with E-state index in [1.807, 2.05) is 0 Å². The third kappa shape index (κ3) is 4.53. The van der Waals surface area contributed by atoms with Crippen molar-refractivity contribution in [2.24, 2.45) is 0 Å². The lowest BCUT2D eigenvalue weighted by atomic mass is 9.99. The molecule has 0 bridgehead atoms. The molecule has 1 aliphatic rings. The summed E-state index contributed by atoms with van der Waals surface area (Å²) in [6, 6.07) is 0. The summed E-state index contributed by atoms with van der Waals surface area (Å²) in [5.41, 5.74) is 0. The summed E-state index contributed by atoms with van der Waals surface area (Å²) in [4.78, 5) is 0. The molecule has 0 aromatic carbocycles. The van der Waals surface area contributed by atoms with E-state index >= 15 is 0 Å². The van der Waals surface area contributed by atoms with Gasteiger partial charge in [0.1, 0.15) is 42.7 Å². The zero-order chi connectivity index (χ0) is 16.2. The van der Waals surface area contributed by atoms with Crippen LogP contribution < -0.4 is 0 Å². The summed E-state index contributed by atoms with van der Waals surface area (Å²) in [7, 11) is 0. The van der Waals surface area contributed by atoms with E-state index in [4.69, 9.17) is 24.8 Å². The number of ether oxygens (including phenoxy) is 2. The standard InChI is InChI=1S/C11H22O10/c12-1-4(14)7(16)5(15)3-20-11-10(19)9(18)8(17)6(2-13)21-11/h4-19H,1-3H2/t4-,5-,6+,7?,8+,9-,10+,11-/m0/s1. The van der Waals surface area contributed by atoms with E-state index in [1.165, 1.54) is 0 Å². The Bertz CT molecular complexity index is 301. The van der Waals surface area contributed by atoms with Crippen LogP contribution in [0, 0.1) is 0 Å². The molecule has 0 aliphatic carbocycles. The summed E-state index contributed by atoms with van der Waals surface area (Å²) in [5.74, 6) is 0. The second-order valence-electron chi connectivity index (χ2n) is 4.84. The molecule has 0 spiro atoms. The average Bonchev–Trinajstić information content (AvgIpc) is 2.50. The van der Waals surface area contributed by atoms with E-state index in [0.717, 1.165) is 0 Å². The molecule has 1 unspecified atom stereocenters. The molecule has 1 aliphatic heterocycles. The number of aliphatic hydroxyl groups excluding tert-OH is 8. The van der Waals surface area contributed by atoms with Gasteiger partial charge in [-0.3, -0.25) is 0 Å². The molecule has 0 aromatic heterocycles. The summed E-state index contributed by atoms with van der Waals surface area (Å²) >= 11 is 0. The van der Waals surface area contributed by atoms with Crippen LogP contribution >= 0.6 is 0 Å². The van der Waals surface area contributed by atoms with Gasteiger partial charge in [0.15, 0.2) is 6.29 Å². The lowest BCUT2D eigenvalue weighted by Crippen LogP contribution is -2.59. The van der Waals surface area contributed by atoms with Crippen molar-refractivity contribution >= 4 is 0 Å². The van der Waals surface area contributed by atoms with Crippen molar-refractivity contribution in [3.8, 4) is 0 Å². The van der Waals surface area contributed by atoms with Gasteiger partial charge in [0.05, 0.1) is 19.8 Å². The molecule has 0 saturated carbocycles. The molecule has 8 atom stereocenters. The van der Waals surface area contributed by atoms with Crippen LogP contribution in [0.3, 0.4) is 0 Å². The topological polar surface area (TPSA) is 180 Å². The SMILES string of the molecule is OC[C@H](O)C(O)[C@@H](O)CO[C@H]1O[C@H](CO)[C@@H](O)[C@H](O)[C@H]1O. The predicted octanol–water partition coefficient (Wildman–Crippen LogP) is -5.12. The van der Waals surface area contributed by atoms with E-state index in [1.54, 1.807) is 0 Å². The van der Waals surface area contributed by atoms with Crippen molar-refractivity contribution in [3.63, 3.8) is 0 Å². The predicted molar refractivity (Wildman–Crippen MR) is 64.8 cm³/mol. The minimum Gasteiger partial charge on any atom is -0.394 e. The Labute approximate surface area is 120 Å². The third-order valence-corrected chi connectivity index (χ3v) is 3.26. The van der Waals surface area contributed by atoms with Gasteiger partial charge in [-0.2, -0.15) is 0 Å². The molecule has 1 heterocycles. The highest BCUT2D eigenvalue weighted by atomic mass is 16.7. The first-order chi connectivity index (χ1) is 9.83. The van der Waals surface area contributed by atoms with Crippen molar-refractivity contribution in [1.82, 2.24) is 0 Å². The minimum atomic E-state index is -1.68. The number of rotatable bonds is 7. The summed E-state index contributed by atoms with van der Waals surface area (Å²) < 4.78 is 9.98. The number of hydrogen-bond donors (Lipinski definition) is 8. The second-order valence-corrected chi connectivity index (χ2v) is 4.84. The van der Waals surface area contributed by atoms with Gasteiger partial charge in [-0.05, 0) is 0 Å². The van der Waals surface area contributed by atoms with E-state index in [9.17, 15) is 25.5 Å². The maximum atomic E-state index is 9.65. The van der Waals surface area contributed by atoms with Crippen molar-refractivity contribution in [2.45, 2.75) is 49.0 Å². The van der Waals surface area contributed by atoms with Gasteiger partial charge >= 0.3 is 0 Å². The summed E-state index contributed by atoms with van der Waals surface area (Å²) in [5, 5.41) is 74.4. The molecular weight excluding hydrogens is 292 g/mol. The molecule has 21 heavy (non-hydrogen) atoms. The van der Waals surface area contributed by atoms with Gasteiger partial charge in [0, 0.05) is 0 Å². The van der Waals surface area contributed by atoms with Crippen LogP contribution in [0.15, 0.2) is 0 Å². The lowest BCUT2D eigenvalue weighted by molar-refractivity contribution is -0.306. The molecule has 1 rings (SSSR count). The van der Waals surface area contributed by atoms with E-state index in [0.29, 0.717) is 0 Å². The van der Waals surface area contributed by atoms with Gasteiger partial charge in [0.25, 0.3) is 0 Å². The van der Waals surface area contributed by atoms with Crippen LogP contribution in [-0.4, -0.2) is 110 Å². The maximum Gasteiger partial charge on any atom is 0.186 e. The zero-order valence-electron chi connectivity index (χ0n) is 11.1. The Hall–Kier alpha value is -0.400.